The summed E-state index contributed by atoms with van der Waals surface area (Å²) in [5.74, 6) is 3.16. The molecule has 4 aliphatic carbocycles. The number of aliphatic imine (C=N–C) groups is 1. The number of hydrazine groups is 1. The summed E-state index contributed by atoms with van der Waals surface area (Å²) in [7, 11) is 0. The van der Waals surface area contributed by atoms with E-state index in [0.717, 1.165) is 77.0 Å². The Morgan fingerprint density at radius 1 is 1.07 bits per heavy atom. The van der Waals surface area contributed by atoms with Gasteiger partial charge in [0.1, 0.15) is 0 Å². The molecule has 0 aromatic heterocycles. The molecule has 5 aliphatic rings. The number of nitrogens with one attached hydrogen (secondary N) is 3. The van der Waals surface area contributed by atoms with Crippen molar-refractivity contribution in [3.8, 4) is 0 Å². The van der Waals surface area contributed by atoms with E-state index < -0.39 is 5.60 Å². The molecule has 0 amide bonds. The van der Waals surface area contributed by atoms with Crippen LogP contribution in [0.25, 0.3) is 0 Å². The summed E-state index contributed by atoms with van der Waals surface area (Å²) in [5.41, 5.74) is 6.38. The van der Waals surface area contributed by atoms with Crippen LogP contribution >= 0.6 is 0 Å². The first-order valence-electron chi connectivity index (χ1n) is 12.5. The molecule has 6 heteroatoms. The SMILES string of the molecule is C[C@]12CC[C@H](O)C[C@H]1CC[C@@H]1[C@@H]2CC[C@]2(C)[C@@H](CCNNC3=NCCN3)CC[C@]12O. The van der Waals surface area contributed by atoms with Crippen LogP contribution in [0.4, 0.5) is 0 Å². The topological polar surface area (TPSA) is 88.9 Å². The van der Waals surface area contributed by atoms with E-state index in [-0.39, 0.29) is 11.5 Å². The summed E-state index contributed by atoms with van der Waals surface area (Å²) in [6.07, 6.45) is 11.0. The number of guanidine groups is 1. The second-order valence-corrected chi connectivity index (χ2v) is 11.5. The van der Waals surface area contributed by atoms with Gasteiger partial charge in [-0.15, -0.1) is 0 Å². The Balaban J connectivity index is 1.26. The molecule has 0 spiro atoms. The molecule has 0 bridgehead atoms. The second kappa shape index (κ2) is 7.63. The van der Waals surface area contributed by atoms with Crippen LogP contribution in [0, 0.1) is 34.5 Å². The van der Waals surface area contributed by atoms with Gasteiger partial charge in [0.2, 0.25) is 5.96 Å². The minimum absolute atomic E-state index is 0.0380. The summed E-state index contributed by atoms with van der Waals surface area (Å²) in [6.45, 7) is 7.56. The fourth-order valence-corrected chi connectivity index (χ4v) is 8.65. The van der Waals surface area contributed by atoms with Crippen molar-refractivity contribution in [1.29, 1.82) is 0 Å². The lowest BCUT2D eigenvalue weighted by atomic mass is 9.43. The van der Waals surface area contributed by atoms with Crippen LogP contribution in [0.15, 0.2) is 4.99 Å². The lowest BCUT2D eigenvalue weighted by Crippen LogP contribution is -2.62. The first kappa shape index (κ1) is 21.0. The van der Waals surface area contributed by atoms with Crippen molar-refractivity contribution in [2.24, 2.45) is 39.5 Å². The Kier molecular flexibility index (Phi) is 5.35. The van der Waals surface area contributed by atoms with Crippen molar-refractivity contribution in [2.75, 3.05) is 19.6 Å². The molecular weight excluding hydrogens is 376 g/mol. The Morgan fingerprint density at radius 3 is 2.73 bits per heavy atom. The van der Waals surface area contributed by atoms with Gasteiger partial charge in [-0.3, -0.25) is 10.4 Å². The third kappa shape index (κ3) is 3.12. The van der Waals surface area contributed by atoms with Crippen LogP contribution in [0.5, 0.6) is 0 Å². The van der Waals surface area contributed by atoms with Gasteiger partial charge in [-0.05, 0) is 98.7 Å². The molecule has 0 saturated heterocycles. The van der Waals surface area contributed by atoms with Gasteiger partial charge in [-0.25, -0.2) is 5.43 Å². The molecule has 1 heterocycles. The number of fused-ring (bicyclic) bond motifs is 5. The molecule has 170 valence electrons. The Hall–Kier alpha value is -0.850. The standard InChI is InChI=1S/C24H42N4O2/c1-22-9-6-18(29)15-17(22)3-4-20-19(22)7-10-23(2)16(5-11-24(20,23)30)8-12-27-28-21-25-13-14-26-21/h16-20,27,29-30H,3-15H2,1-2H3,(H2,25,26,28)/t16-,17-,18+,19+,20-,22+,23-,24+/m1/s1. The van der Waals surface area contributed by atoms with Gasteiger partial charge in [0.05, 0.1) is 18.2 Å². The molecular formula is C24H42N4O2. The van der Waals surface area contributed by atoms with Gasteiger partial charge in [0.25, 0.3) is 0 Å². The van der Waals surface area contributed by atoms with E-state index in [2.05, 4.69) is 35.0 Å². The maximum absolute atomic E-state index is 12.2. The van der Waals surface area contributed by atoms with Crippen LogP contribution in [0.2, 0.25) is 0 Å². The minimum atomic E-state index is -0.505. The van der Waals surface area contributed by atoms with E-state index in [1.165, 1.54) is 12.8 Å². The van der Waals surface area contributed by atoms with Crippen molar-refractivity contribution in [1.82, 2.24) is 16.2 Å². The zero-order valence-electron chi connectivity index (χ0n) is 18.9. The molecule has 6 nitrogen and oxygen atoms in total. The van der Waals surface area contributed by atoms with Crippen LogP contribution < -0.4 is 16.2 Å². The van der Waals surface area contributed by atoms with Gasteiger partial charge in [-0.1, -0.05) is 13.8 Å². The van der Waals surface area contributed by atoms with E-state index in [1.54, 1.807) is 0 Å². The van der Waals surface area contributed by atoms with Gasteiger partial charge in [0.15, 0.2) is 0 Å². The predicted octanol–water partition coefficient (Wildman–Crippen LogP) is 2.56. The largest absolute Gasteiger partial charge is 0.393 e. The Labute approximate surface area is 181 Å². The lowest BCUT2D eigenvalue weighted by molar-refractivity contribution is -0.210. The fourth-order valence-electron chi connectivity index (χ4n) is 8.65. The monoisotopic (exact) mass is 418 g/mol. The Morgan fingerprint density at radius 2 is 1.93 bits per heavy atom. The summed E-state index contributed by atoms with van der Waals surface area (Å²) >= 11 is 0. The quantitative estimate of drug-likeness (QED) is 0.358. The molecule has 0 aromatic carbocycles. The lowest BCUT2D eigenvalue weighted by Gasteiger charge is -2.63. The van der Waals surface area contributed by atoms with Crippen molar-refractivity contribution in [3.05, 3.63) is 0 Å². The van der Waals surface area contributed by atoms with Crippen LogP contribution in [-0.2, 0) is 0 Å². The highest BCUT2D eigenvalue weighted by atomic mass is 16.3. The third-order valence-corrected chi connectivity index (χ3v) is 10.5. The normalized spacial score (nSPS) is 50.1. The van der Waals surface area contributed by atoms with E-state index in [4.69, 9.17) is 0 Å². The molecule has 8 atom stereocenters. The molecule has 30 heavy (non-hydrogen) atoms. The van der Waals surface area contributed by atoms with Crippen molar-refractivity contribution in [3.63, 3.8) is 0 Å². The van der Waals surface area contributed by atoms with E-state index in [1.807, 2.05) is 0 Å². The first-order chi connectivity index (χ1) is 14.4. The van der Waals surface area contributed by atoms with Crippen LogP contribution in [0.3, 0.4) is 0 Å². The summed E-state index contributed by atoms with van der Waals surface area (Å²) in [4.78, 5) is 4.36. The number of aliphatic hydroxyl groups is 2. The average molecular weight is 419 g/mol. The highest BCUT2D eigenvalue weighted by Gasteiger charge is 2.66. The van der Waals surface area contributed by atoms with E-state index >= 15 is 0 Å². The zero-order valence-corrected chi connectivity index (χ0v) is 18.9. The molecule has 4 saturated carbocycles. The summed E-state index contributed by atoms with van der Waals surface area (Å²) < 4.78 is 0. The number of nitrogens with zero attached hydrogens (tertiary/aromatic N) is 1. The highest BCUT2D eigenvalue weighted by molar-refractivity contribution is 5.80. The summed E-state index contributed by atoms with van der Waals surface area (Å²) in [5, 5.41) is 25.7. The van der Waals surface area contributed by atoms with Crippen LogP contribution in [0.1, 0.15) is 78.1 Å². The number of hydrogen-bond acceptors (Lipinski definition) is 6. The van der Waals surface area contributed by atoms with Crippen molar-refractivity contribution >= 4 is 5.96 Å². The molecule has 4 fully saturated rings. The minimum Gasteiger partial charge on any atom is -0.393 e. The molecule has 0 unspecified atom stereocenters. The average Bonchev–Trinajstić information content (AvgIpc) is 3.32. The molecule has 0 radical (unpaired) electrons. The first-order valence-corrected chi connectivity index (χ1v) is 12.5. The predicted molar refractivity (Wildman–Crippen MR) is 119 cm³/mol. The van der Waals surface area contributed by atoms with Crippen molar-refractivity contribution in [2.45, 2.75) is 89.8 Å². The van der Waals surface area contributed by atoms with Gasteiger partial charge in [-0.2, -0.15) is 0 Å². The molecule has 1 aliphatic heterocycles. The Bertz CT molecular complexity index is 686. The molecule has 5 rings (SSSR count). The highest BCUT2D eigenvalue weighted by Crippen LogP contribution is 2.69. The van der Waals surface area contributed by atoms with Crippen LogP contribution in [-0.4, -0.2) is 47.5 Å². The number of rotatable bonds is 4. The van der Waals surface area contributed by atoms with E-state index in [0.29, 0.717) is 29.1 Å². The van der Waals surface area contributed by atoms with E-state index in [9.17, 15) is 10.2 Å². The fraction of sp³-hybridized carbons (Fsp3) is 0.958. The summed E-state index contributed by atoms with van der Waals surface area (Å²) in [6, 6.07) is 0. The maximum Gasteiger partial charge on any atom is 0.206 e. The van der Waals surface area contributed by atoms with Crippen molar-refractivity contribution < 1.29 is 10.2 Å². The second-order valence-electron chi connectivity index (χ2n) is 11.5. The number of hydrogen-bond donors (Lipinski definition) is 5. The molecule has 5 N–H and O–H groups in total. The number of aliphatic hydroxyl groups excluding tert-OH is 1. The zero-order chi connectivity index (χ0) is 21.0. The third-order valence-electron chi connectivity index (χ3n) is 10.5. The smallest absolute Gasteiger partial charge is 0.206 e. The molecule has 0 aromatic rings. The maximum atomic E-state index is 12.2. The van der Waals surface area contributed by atoms with Gasteiger partial charge < -0.3 is 15.5 Å². The van der Waals surface area contributed by atoms with Gasteiger partial charge in [0, 0.05) is 13.1 Å². The van der Waals surface area contributed by atoms with Gasteiger partial charge >= 0.3 is 0 Å².